The van der Waals surface area contributed by atoms with Gasteiger partial charge in [0.1, 0.15) is 10.6 Å². The molecule has 8 nitrogen and oxygen atoms in total. The van der Waals surface area contributed by atoms with Gasteiger partial charge in [-0.1, -0.05) is 6.07 Å². The van der Waals surface area contributed by atoms with Crippen molar-refractivity contribution in [3.63, 3.8) is 0 Å². The molecule has 1 aromatic carbocycles. The predicted molar refractivity (Wildman–Crippen MR) is 100 cm³/mol. The molecule has 1 aromatic heterocycles. The summed E-state index contributed by atoms with van der Waals surface area (Å²) < 4.78 is 23.9. The van der Waals surface area contributed by atoms with Gasteiger partial charge in [-0.25, -0.2) is 13.4 Å². The Morgan fingerprint density at radius 1 is 1.27 bits per heavy atom. The van der Waals surface area contributed by atoms with Crippen molar-refractivity contribution >= 4 is 32.5 Å². The first-order valence-corrected chi connectivity index (χ1v) is 11.0. The summed E-state index contributed by atoms with van der Waals surface area (Å²) >= 11 is 1.56. The van der Waals surface area contributed by atoms with Crippen LogP contribution in [0.1, 0.15) is 12.1 Å². The highest BCUT2D eigenvalue weighted by molar-refractivity contribution is 7.90. The molecule has 26 heavy (non-hydrogen) atoms. The maximum Gasteiger partial charge on any atom is 0.311 e. The fourth-order valence-electron chi connectivity index (χ4n) is 3.16. The number of nitro benzene ring substituents is 1. The van der Waals surface area contributed by atoms with Crippen molar-refractivity contribution < 1.29 is 13.3 Å². The number of hydrogen-bond acceptors (Lipinski definition) is 8. The fraction of sp³-hybridized carbons (Fsp3) is 0.438. The summed E-state index contributed by atoms with van der Waals surface area (Å²) in [5.41, 5.74) is 2.87. The summed E-state index contributed by atoms with van der Waals surface area (Å²) in [7, 11) is -3.68. The molecule has 0 radical (unpaired) electrons. The van der Waals surface area contributed by atoms with Crippen LogP contribution in [0, 0.1) is 10.1 Å². The second-order valence-corrected chi connectivity index (χ2v) is 8.95. The molecule has 1 aliphatic heterocycles. The zero-order valence-electron chi connectivity index (χ0n) is 14.4. The Bertz CT molecular complexity index is 884. The normalized spacial score (nSPS) is 16.4. The monoisotopic (exact) mass is 396 g/mol. The Labute approximate surface area is 156 Å². The first-order valence-electron chi connectivity index (χ1n) is 8.18. The Hall–Kier alpha value is -2.04. The number of thiazole rings is 1. The van der Waals surface area contributed by atoms with E-state index in [1.807, 2.05) is 10.3 Å². The van der Waals surface area contributed by atoms with Gasteiger partial charge in [-0.2, -0.15) is 0 Å². The molecule has 1 aliphatic rings. The third kappa shape index (κ3) is 4.19. The van der Waals surface area contributed by atoms with Gasteiger partial charge in [0.2, 0.25) is 0 Å². The SMILES string of the molecule is CS(=O)(=O)c1cccc(N2CCCN(Cc3cscn3)CC2)c1[N+](=O)[O-]. The molecule has 0 aliphatic carbocycles. The van der Waals surface area contributed by atoms with E-state index in [1.54, 1.807) is 29.0 Å². The van der Waals surface area contributed by atoms with Crippen molar-refractivity contribution in [2.24, 2.45) is 0 Å². The number of hydrogen-bond donors (Lipinski definition) is 0. The summed E-state index contributed by atoms with van der Waals surface area (Å²) in [4.78, 5) is 19.2. The predicted octanol–water partition coefficient (Wildman–Crippen LogP) is 2.17. The number of para-hydroxylation sites is 1. The molecule has 0 atom stereocenters. The summed E-state index contributed by atoms with van der Waals surface area (Å²) in [5, 5.41) is 13.6. The van der Waals surface area contributed by atoms with E-state index in [0.29, 0.717) is 18.8 Å². The molecule has 0 N–H and O–H groups in total. The molecule has 10 heteroatoms. The van der Waals surface area contributed by atoms with Gasteiger partial charge in [-0.3, -0.25) is 15.0 Å². The number of sulfone groups is 1. The molecule has 0 unspecified atom stereocenters. The van der Waals surface area contributed by atoms with Gasteiger partial charge in [0, 0.05) is 44.4 Å². The third-order valence-corrected chi connectivity index (χ3v) is 6.12. The molecule has 1 fully saturated rings. The number of nitro groups is 1. The Balaban J connectivity index is 1.84. The molecule has 0 amide bonds. The Morgan fingerprint density at radius 2 is 2.08 bits per heavy atom. The average molecular weight is 396 g/mol. The maximum absolute atomic E-state index is 12.0. The van der Waals surface area contributed by atoms with Crippen LogP contribution in [0.25, 0.3) is 0 Å². The van der Waals surface area contributed by atoms with Crippen LogP contribution in [0.3, 0.4) is 0 Å². The minimum absolute atomic E-state index is 0.233. The molecule has 140 valence electrons. The fourth-order valence-corrected chi connectivity index (χ4v) is 4.57. The van der Waals surface area contributed by atoms with E-state index in [9.17, 15) is 18.5 Å². The number of aromatic nitrogens is 1. The van der Waals surface area contributed by atoms with Gasteiger partial charge in [0.05, 0.1) is 16.1 Å². The molecular weight excluding hydrogens is 376 g/mol. The van der Waals surface area contributed by atoms with Gasteiger partial charge in [-0.15, -0.1) is 11.3 Å². The van der Waals surface area contributed by atoms with E-state index in [-0.39, 0.29) is 10.6 Å². The maximum atomic E-state index is 12.0. The summed E-state index contributed by atoms with van der Waals surface area (Å²) in [6.45, 7) is 3.59. The second-order valence-electron chi connectivity index (χ2n) is 6.25. The highest BCUT2D eigenvalue weighted by Crippen LogP contribution is 2.35. The lowest BCUT2D eigenvalue weighted by molar-refractivity contribution is -0.387. The molecule has 2 heterocycles. The summed E-state index contributed by atoms with van der Waals surface area (Å²) in [6, 6.07) is 4.49. The van der Waals surface area contributed by atoms with Crippen molar-refractivity contribution in [1.82, 2.24) is 9.88 Å². The minimum atomic E-state index is -3.68. The van der Waals surface area contributed by atoms with Crippen LogP contribution in [-0.2, 0) is 16.4 Å². The number of rotatable bonds is 5. The summed E-state index contributed by atoms with van der Waals surface area (Å²) in [5.74, 6) is 0. The zero-order chi connectivity index (χ0) is 18.7. The molecule has 0 spiro atoms. The molecule has 3 rings (SSSR count). The molecule has 0 bridgehead atoms. The van der Waals surface area contributed by atoms with Crippen LogP contribution in [0.4, 0.5) is 11.4 Å². The number of nitrogens with zero attached hydrogens (tertiary/aromatic N) is 4. The van der Waals surface area contributed by atoms with Gasteiger partial charge in [-0.05, 0) is 18.6 Å². The highest BCUT2D eigenvalue weighted by Gasteiger charge is 2.29. The lowest BCUT2D eigenvalue weighted by Crippen LogP contribution is -2.31. The van der Waals surface area contributed by atoms with E-state index < -0.39 is 14.8 Å². The zero-order valence-corrected chi connectivity index (χ0v) is 16.0. The number of anilines is 1. The van der Waals surface area contributed by atoms with Crippen LogP contribution >= 0.6 is 11.3 Å². The molecule has 0 saturated carbocycles. The van der Waals surface area contributed by atoms with Crippen LogP contribution in [0.5, 0.6) is 0 Å². The smallest absolute Gasteiger partial charge is 0.311 e. The number of benzene rings is 1. The van der Waals surface area contributed by atoms with Crippen molar-refractivity contribution in [1.29, 1.82) is 0 Å². The lowest BCUT2D eigenvalue weighted by atomic mass is 10.2. The van der Waals surface area contributed by atoms with E-state index in [0.717, 1.165) is 38.0 Å². The third-order valence-electron chi connectivity index (χ3n) is 4.36. The Morgan fingerprint density at radius 3 is 2.73 bits per heavy atom. The lowest BCUT2D eigenvalue weighted by Gasteiger charge is -2.23. The van der Waals surface area contributed by atoms with E-state index >= 15 is 0 Å². The van der Waals surface area contributed by atoms with E-state index in [1.165, 1.54) is 6.07 Å². The van der Waals surface area contributed by atoms with Crippen molar-refractivity contribution in [2.45, 2.75) is 17.9 Å². The molecular formula is C16H20N4O4S2. The average Bonchev–Trinajstić information content (AvgIpc) is 2.98. The van der Waals surface area contributed by atoms with Crippen molar-refractivity contribution in [3.8, 4) is 0 Å². The topological polar surface area (TPSA) is 96.7 Å². The largest absolute Gasteiger partial charge is 0.365 e. The van der Waals surface area contributed by atoms with Crippen LogP contribution < -0.4 is 4.90 Å². The molecule has 1 saturated heterocycles. The van der Waals surface area contributed by atoms with Gasteiger partial charge >= 0.3 is 5.69 Å². The minimum Gasteiger partial charge on any atom is -0.365 e. The van der Waals surface area contributed by atoms with E-state index in [2.05, 4.69) is 9.88 Å². The van der Waals surface area contributed by atoms with Crippen molar-refractivity contribution in [2.75, 3.05) is 37.3 Å². The van der Waals surface area contributed by atoms with E-state index in [4.69, 9.17) is 0 Å². The van der Waals surface area contributed by atoms with Crippen LogP contribution in [-0.4, -0.2) is 55.7 Å². The quantitative estimate of drug-likeness (QED) is 0.564. The first kappa shape index (κ1) is 18.7. The van der Waals surface area contributed by atoms with Gasteiger partial charge in [0.25, 0.3) is 0 Å². The van der Waals surface area contributed by atoms with Crippen LogP contribution in [0.2, 0.25) is 0 Å². The van der Waals surface area contributed by atoms with Crippen LogP contribution in [0.15, 0.2) is 34.0 Å². The van der Waals surface area contributed by atoms with Gasteiger partial charge < -0.3 is 4.90 Å². The Kier molecular flexibility index (Phi) is 5.54. The summed E-state index contributed by atoms with van der Waals surface area (Å²) in [6.07, 6.45) is 1.83. The molecule has 2 aromatic rings. The first-order chi connectivity index (χ1) is 12.4. The highest BCUT2D eigenvalue weighted by atomic mass is 32.2. The standard InChI is InChI=1S/C16H20N4O4S2/c1-26(23,24)15-5-2-4-14(16(15)20(21)22)19-7-3-6-18(8-9-19)10-13-11-25-12-17-13/h2,4-5,11-12H,3,6-10H2,1H3. The van der Waals surface area contributed by atoms with Gasteiger partial charge in [0.15, 0.2) is 9.84 Å². The van der Waals surface area contributed by atoms with Crippen molar-refractivity contribution in [3.05, 3.63) is 44.9 Å². The second kappa shape index (κ2) is 7.68.